The molecule has 0 aliphatic carbocycles. The smallest absolute Gasteiger partial charge is 0.353 e. The minimum atomic E-state index is -0.638. The lowest BCUT2D eigenvalue weighted by molar-refractivity contribution is 0.0936. The quantitative estimate of drug-likeness (QED) is 0.591. The summed E-state index contributed by atoms with van der Waals surface area (Å²) in [6.07, 6.45) is 1.51. The van der Waals surface area contributed by atoms with Crippen LogP contribution in [0.3, 0.4) is 0 Å². The molecule has 3 N–H and O–H groups in total. The van der Waals surface area contributed by atoms with Crippen molar-refractivity contribution in [1.82, 2.24) is 16.3 Å². The molecule has 7 heteroatoms. The number of amides is 3. The molecular formula is C17H19N5O2. The normalized spacial score (nSPS) is 10.2. The average molecular weight is 325 g/mol. The van der Waals surface area contributed by atoms with Crippen molar-refractivity contribution < 1.29 is 9.59 Å². The number of hydrazone groups is 1. The molecule has 0 fully saturated rings. The molecular weight excluding hydrogens is 306 g/mol. The van der Waals surface area contributed by atoms with Gasteiger partial charge in [0.25, 0.3) is 5.91 Å². The predicted molar refractivity (Wildman–Crippen MR) is 93.9 cm³/mol. The zero-order valence-corrected chi connectivity index (χ0v) is 13.5. The van der Waals surface area contributed by atoms with Crippen LogP contribution in [0.25, 0.3) is 0 Å². The lowest BCUT2D eigenvalue weighted by Crippen LogP contribution is -2.45. The van der Waals surface area contributed by atoms with Gasteiger partial charge in [-0.1, -0.05) is 30.3 Å². The number of urea groups is 1. The Morgan fingerprint density at radius 2 is 1.62 bits per heavy atom. The Morgan fingerprint density at radius 1 is 0.958 bits per heavy atom. The number of rotatable bonds is 4. The molecule has 0 saturated carbocycles. The summed E-state index contributed by atoms with van der Waals surface area (Å²) in [5.41, 5.74) is 9.14. The van der Waals surface area contributed by atoms with Crippen LogP contribution < -0.4 is 21.2 Å². The number of anilines is 1. The zero-order chi connectivity index (χ0) is 17.4. The van der Waals surface area contributed by atoms with Crippen LogP contribution in [-0.2, 0) is 0 Å². The Bertz CT molecular complexity index is 712. The summed E-state index contributed by atoms with van der Waals surface area (Å²) in [6.45, 7) is 0. The summed E-state index contributed by atoms with van der Waals surface area (Å²) in [4.78, 5) is 25.3. The number of hydrogen-bond donors (Lipinski definition) is 3. The Hall–Kier alpha value is -3.35. The van der Waals surface area contributed by atoms with Crippen LogP contribution in [0, 0.1) is 0 Å². The molecule has 0 atom stereocenters. The standard InChI is InChI=1S/C17H19N5O2/c1-22(2)15-10-8-13(9-11-15)12-18-20-17(24)21-19-16(23)14-6-4-3-5-7-14/h3-12H,1-2H3,(H,19,23)(H2,20,21,24)/b18-12-. The molecule has 2 aromatic rings. The highest BCUT2D eigenvalue weighted by atomic mass is 16.2. The molecule has 124 valence electrons. The average Bonchev–Trinajstić information content (AvgIpc) is 2.61. The Morgan fingerprint density at radius 3 is 2.25 bits per heavy atom. The van der Waals surface area contributed by atoms with Gasteiger partial charge in [0.05, 0.1) is 6.21 Å². The van der Waals surface area contributed by atoms with Gasteiger partial charge in [-0.25, -0.2) is 15.6 Å². The van der Waals surface area contributed by atoms with Gasteiger partial charge in [-0.05, 0) is 29.8 Å². The van der Waals surface area contributed by atoms with Crippen LogP contribution >= 0.6 is 0 Å². The van der Waals surface area contributed by atoms with Crippen molar-refractivity contribution in [3.63, 3.8) is 0 Å². The first-order valence-electron chi connectivity index (χ1n) is 7.28. The number of nitrogens with one attached hydrogen (secondary N) is 3. The van der Waals surface area contributed by atoms with Crippen molar-refractivity contribution in [3.05, 3.63) is 65.7 Å². The van der Waals surface area contributed by atoms with Gasteiger partial charge in [-0.2, -0.15) is 5.10 Å². The maximum Gasteiger partial charge on any atom is 0.353 e. The van der Waals surface area contributed by atoms with Crippen molar-refractivity contribution in [1.29, 1.82) is 0 Å². The van der Waals surface area contributed by atoms with Crippen molar-refractivity contribution in [2.75, 3.05) is 19.0 Å². The summed E-state index contributed by atoms with van der Waals surface area (Å²) in [7, 11) is 3.91. The maximum absolute atomic E-state index is 11.7. The summed E-state index contributed by atoms with van der Waals surface area (Å²) in [6, 6.07) is 15.6. The van der Waals surface area contributed by atoms with Crippen LogP contribution in [0.5, 0.6) is 0 Å². The predicted octanol–water partition coefficient (Wildman–Crippen LogP) is 1.73. The Labute approximate surface area is 140 Å². The van der Waals surface area contributed by atoms with Crippen LogP contribution in [-0.4, -0.2) is 32.2 Å². The first-order chi connectivity index (χ1) is 11.6. The summed E-state index contributed by atoms with van der Waals surface area (Å²) >= 11 is 0. The highest BCUT2D eigenvalue weighted by Crippen LogP contribution is 2.10. The van der Waals surface area contributed by atoms with E-state index >= 15 is 0 Å². The minimum Gasteiger partial charge on any atom is -0.378 e. The lowest BCUT2D eigenvalue weighted by Gasteiger charge is -2.11. The fraction of sp³-hybridized carbons (Fsp3) is 0.118. The van der Waals surface area contributed by atoms with Gasteiger partial charge in [0.15, 0.2) is 0 Å². The van der Waals surface area contributed by atoms with E-state index < -0.39 is 11.9 Å². The van der Waals surface area contributed by atoms with Crippen molar-refractivity contribution in [3.8, 4) is 0 Å². The first kappa shape index (κ1) is 17.0. The van der Waals surface area contributed by atoms with Crippen molar-refractivity contribution in [2.45, 2.75) is 0 Å². The van der Waals surface area contributed by atoms with Gasteiger partial charge in [0.2, 0.25) is 0 Å². The number of benzene rings is 2. The fourth-order valence-electron chi connectivity index (χ4n) is 1.83. The SMILES string of the molecule is CN(C)c1ccc(/C=N\NC(=O)NNC(=O)c2ccccc2)cc1. The molecule has 0 spiro atoms. The molecule has 7 nitrogen and oxygen atoms in total. The number of carbonyl (C=O) groups is 2. The van der Waals surface area contributed by atoms with Crippen LogP contribution in [0.15, 0.2) is 59.7 Å². The van der Waals surface area contributed by atoms with Crippen LogP contribution in [0.4, 0.5) is 10.5 Å². The summed E-state index contributed by atoms with van der Waals surface area (Å²) in [5.74, 6) is -0.408. The largest absolute Gasteiger partial charge is 0.378 e. The van der Waals surface area contributed by atoms with E-state index in [0.29, 0.717) is 5.56 Å². The second-order valence-corrected chi connectivity index (χ2v) is 5.13. The molecule has 2 rings (SSSR count). The van der Waals surface area contributed by atoms with Gasteiger partial charge in [-0.3, -0.25) is 10.2 Å². The Balaban J connectivity index is 1.77. The number of hydrazine groups is 1. The Kier molecular flexibility index (Phi) is 5.90. The summed E-state index contributed by atoms with van der Waals surface area (Å²) in [5, 5.41) is 3.81. The molecule has 0 saturated heterocycles. The molecule has 0 aromatic heterocycles. The molecule has 0 bridgehead atoms. The molecule has 0 unspecified atom stereocenters. The fourth-order valence-corrected chi connectivity index (χ4v) is 1.83. The maximum atomic E-state index is 11.7. The van der Waals surface area contributed by atoms with Gasteiger partial charge >= 0.3 is 6.03 Å². The van der Waals surface area contributed by atoms with Crippen LogP contribution in [0.1, 0.15) is 15.9 Å². The van der Waals surface area contributed by atoms with Gasteiger partial charge in [-0.15, -0.1) is 0 Å². The number of nitrogens with zero attached hydrogens (tertiary/aromatic N) is 2. The van der Waals surface area contributed by atoms with E-state index in [4.69, 9.17) is 0 Å². The van der Waals surface area contributed by atoms with Crippen molar-refractivity contribution >= 4 is 23.8 Å². The second-order valence-electron chi connectivity index (χ2n) is 5.13. The minimum absolute atomic E-state index is 0.408. The van der Waals surface area contributed by atoms with E-state index in [1.807, 2.05) is 43.3 Å². The van der Waals surface area contributed by atoms with Gasteiger partial charge in [0.1, 0.15) is 0 Å². The van der Waals surface area contributed by atoms with Gasteiger partial charge < -0.3 is 4.90 Å². The number of carbonyl (C=O) groups excluding carboxylic acids is 2. The molecule has 0 radical (unpaired) electrons. The molecule has 0 aliphatic rings. The topological polar surface area (TPSA) is 85.8 Å². The molecule has 3 amide bonds. The third-order valence-electron chi connectivity index (χ3n) is 3.11. The van der Waals surface area contributed by atoms with E-state index in [1.165, 1.54) is 6.21 Å². The number of hydrogen-bond acceptors (Lipinski definition) is 4. The van der Waals surface area contributed by atoms with Crippen molar-refractivity contribution in [2.24, 2.45) is 5.10 Å². The zero-order valence-electron chi connectivity index (χ0n) is 13.5. The van der Waals surface area contributed by atoms with E-state index in [-0.39, 0.29) is 0 Å². The lowest BCUT2D eigenvalue weighted by atomic mass is 10.2. The first-order valence-corrected chi connectivity index (χ1v) is 7.28. The molecule has 2 aromatic carbocycles. The van der Waals surface area contributed by atoms with E-state index in [0.717, 1.165) is 11.3 Å². The van der Waals surface area contributed by atoms with Crippen LogP contribution in [0.2, 0.25) is 0 Å². The molecule has 0 aliphatic heterocycles. The van der Waals surface area contributed by atoms with Gasteiger partial charge in [0, 0.05) is 25.3 Å². The monoisotopic (exact) mass is 325 g/mol. The third-order valence-corrected chi connectivity index (χ3v) is 3.11. The second kappa shape index (κ2) is 8.33. The highest BCUT2D eigenvalue weighted by Gasteiger charge is 2.05. The highest BCUT2D eigenvalue weighted by molar-refractivity contribution is 5.95. The van der Waals surface area contributed by atoms with E-state index in [9.17, 15) is 9.59 Å². The third kappa shape index (κ3) is 5.13. The van der Waals surface area contributed by atoms with E-state index in [2.05, 4.69) is 21.4 Å². The molecule has 0 heterocycles. The summed E-state index contributed by atoms with van der Waals surface area (Å²) < 4.78 is 0. The molecule has 24 heavy (non-hydrogen) atoms. The van der Waals surface area contributed by atoms with E-state index in [1.54, 1.807) is 30.3 Å².